The van der Waals surface area contributed by atoms with E-state index in [2.05, 4.69) is 10.3 Å². The zero-order chi connectivity index (χ0) is 14.7. The minimum absolute atomic E-state index is 0.0849. The summed E-state index contributed by atoms with van der Waals surface area (Å²) >= 11 is 1.43. The molecule has 2 aliphatic rings. The zero-order valence-corrected chi connectivity index (χ0v) is 12.5. The van der Waals surface area contributed by atoms with Crippen molar-refractivity contribution in [3.05, 3.63) is 11.6 Å². The first-order valence-electron chi connectivity index (χ1n) is 7.07. The number of amides is 3. The standard InChI is InChI=1S/C13H18N4O3S/c18-11-9-16(4-5-17(11)13-14-3-8-21-13)12(19)15-10-1-6-20-7-2-10/h3,8,10H,1-2,4-7,9H2,(H,15,19). The van der Waals surface area contributed by atoms with E-state index in [0.717, 1.165) is 12.8 Å². The number of hydrogen-bond acceptors (Lipinski definition) is 5. The molecule has 1 aromatic rings. The van der Waals surface area contributed by atoms with E-state index in [1.165, 1.54) is 11.3 Å². The molecule has 0 unspecified atom stereocenters. The molecule has 3 amide bonds. The summed E-state index contributed by atoms with van der Waals surface area (Å²) in [5.74, 6) is -0.0849. The van der Waals surface area contributed by atoms with Crippen molar-refractivity contribution in [3.8, 4) is 0 Å². The molecule has 0 aliphatic carbocycles. The molecule has 0 atom stereocenters. The van der Waals surface area contributed by atoms with Crippen LogP contribution < -0.4 is 10.2 Å². The van der Waals surface area contributed by atoms with Crippen LogP contribution in [0, 0.1) is 0 Å². The van der Waals surface area contributed by atoms with Gasteiger partial charge in [-0.1, -0.05) is 0 Å². The number of rotatable bonds is 2. The molecule has 21 heavy (non-hydrogen) atoms. The van der Waals surface area contributed by atoms with E-state index in [9.17, 15) is 9.59 Å². The van der Waals surface area contributed by atoms with E-state index < -0.39 is 0 Å². The van der Waals surface area contributed by atoms with Crippen LogP contribution in [0.1, 0.15) is 12.8 Å². The smallest absolute Gasteiger partial charge is 0.318 e. The van der Waals surface area contributed by atoms with Gasteiger partial charge in [0.25, 0.3) is 0 Å². The summed E-state index contributed by atoms with van der Waals surface area (Å²) in [5.41, 5.74) is 0. The Kier molecular flexibility index (Phi) is 4.35. The predicted octanol–water partition coefficient (Wildman–Crippen LogP) is 0.680. The highest BCUT2D eigenvalue weighted by molar-refractivity contribution is 7.13. The number of nitrogens with one attached hydrogen (secondary N) is 1. The van der Waals surface area contributed by atoms with Crippen molar-refractivity contribution in [1.82, 2.24) is 15.2 Å². The van der Waals surface area contributed by atoms with Gasteiger partial charge >= 0.3 is 6.03 Å². The van der Waals surface area contributed by atoms with Gasteiger partial charge in [0.1, 0.15) is 6.54 Å². The number of anilines is 1. The lowest BCUT2D eigenvalue weighted by Crippen LogP contribution is -2.56. The first-order chi connectivity index (χ1) is 10.2. The molecule has 0 saturated carbocycles. The van der Waals surface area contributed by atoms with Gasteiger partial charge in [-0.3, -0.25) is 9.69 Å². The Bertz CT molecular complexity index is 502. The number of ether oxygens (including phenoxy) is 1. The maximum atomic E-state index is 12.2. The van der Waals surface area contributed by atoms with Crippen molar-refractivity contribution in [2.24, 2.45) is 0 Å². The predicted molar refractivity (Wildman–Crippen MR) is 78.4 cm³/mol. The van der Waals surface area contributed by atoms with Crippen LogP contribution in [0.4, 0.5) is 9.93 Å². The lowest BCUT2D eigenvalue weighted by Gasteiger charge is -2.34. The largest absolute Gasteiger partial charge is 0.381 e. The highest BCUT2D eigenvalue weighted by Gasteiger charge is 2.30. The average Bonchev–Trinajstić information content (AvgIpc) is 3.02. The summed E-state index contributed by atoms with van der Waals surface area (Å²) in [6, 6.07) is -0.00705. The molecular formula is C13H18N4O3S. The summed E-state index contributed by atoms with van der Waals surface area (Å²) in [7, 11) is 0. The molecule has 1 N–H and O–H groups in total. The Hall–Kier alpha value is -1.67. The molecule has 0 bridgehead atoms. The molecule has 0 aromatic carbocycles. The van der Waals surface area contributed by atoms with E-state index >= 15 is 0 Å². The molecule has 7 nitrogen and oxygen atoms in total. The van der Waals surface area contributed by atoms with Crippen molar-refractivity contribution in [2.75, 3.05) is 37.7 Å². The molecule has 0 radical (unpaired) electrons. The number of hydrogen-bond donors (Lipinski definition) is 1. The van der Waals surface area contributed by atoms with E-state index in [4.69, 9.17) is 4.74 Å². The van der Waals surface area contributed by atoms with Gasteiger partial charge in [-0.2, -0.15) is 0 Å². The summed E-state index contributed by atoms with van der Waals surface area (Å²) in [5, 5.41) is 5.52. The first kappa shape index (κ1) is 14.3. The highest BCUT2D eigenvalue weighted by Crippen LogP contribution is 2.19. The average molecular weight is 310 g/mol. The van der Waals surface area contributed by atoms with Crippen LogP contribution in [-0.2, 0) is 9.53 Å². The van der Waals surface area contributed by atoms with Gasteiger partial charge in [0.2, 0.25) is 5.91 Å². The third kappa shape index (κ3) is 3.33. The minimum Gasteiger partial charge on any atom is -0.381 e. The molecule has 3 heterocycles. The normalized spacial score (nSPS) is 20.7. The van der Waals surface area contributed by atoms with Crippen molar-refractivity contribution in [1.29, 1.82) is 0 Å². The Labute approximate surface area is 126 Å². The molecule has 8 heteroatoms. The molecule has 2 fully saturated rings. The lowest BCUT2D eigenvalue weighted by atomic mass is 10.1. The zero-order valence-electron chi connectivity index (χ0n) is 11.7. The van der Waals surface area contributed by atoms with E-state index in [1.54, 1.807) is 16.0 Å². The Morgan fingerprint density at radius 1 is 1.38 bits per heavy atom. The Morgan fingerprint density at radius 2 is 2.19 bits per heavy atom. The van der Waals surface area contributed by atoms with Crippen molar-refractivity contribution in [3.63, 3.8) is 0 Å². The summed E-state index contributed by atoms with van der Waals surface area (Å²) < 4.78 is 5.27. The molecule has 3 rings (SSSR count). The van der Waals surface area contributed by atoms with E-state index in [1.807, 2.05) is 5.38 Å². The number of nitrogens with zero attached hydrogens (tertiary/aromatic N) is 3. The summed E-state index contributed by atoms with van der Waals surface area (Å²) in [6.45, 7) is 2.49. The number of piperazine rings is 1. The second-order valence-electron chi connectivity index (χ2n) is 5.12. The number of carbonyl (C=O) groups excluding carboxylic acids is 2. The van der Waals surface area contributed by atoms with Gasteiger partial charge in [-0.05, 0) is 12.8 Å². The van der Waals surface area contributed by atoms with Crippen LogP contribution in [0.2, 0.25) is 0 Å². The monoisotopic (exact) mass is 310 g/mol. The second kappa shape index (κ2) is 6.40. The van der Waals surface area contributed by atoms with Crippen molar-refractivity contribution < 1.29 is 14.3 Å². The number of aromatic nitrogens is 1. The van der Waals surface area contributed by atoms with Crippen LogP contribution in [0.3, 0.4) is 0 Å². The topological polar surface area (TPSA) is 74.8 Å². The van der Waals surface area contributed by atoms with E-state index in [-0.39, 0.29) is 24.5 Å². The fraction of sp³-hybridized carbons (Fsp3) is 0.615. The van der Waals surface area contributed by atoms with Crippen LogP contribution in [-0.4, -0.2) is 60.7 Å². The Balaban J connectivity index is 1.54. The van der Waals surface area contributed by atoms with Crippen LogP contribution >= 0.6 is 11.3 Å². The maximum absolute atomic E-state index is 12.2. The lowest BCUT2D eigenvalue weighted by molar-refractivity contribution is -0.120. The van der Waals surface area contributed by atoms with Crippen LogP contribution in [0.25, 0.3) is 0 Å². The molecule has 2 saturated heterocycles. The minimum atomic E-state index is -0.158. The van der Waals surface area contributed by atoms with Gasteiger partial charge in [0, 0.05) is 43.9 Å². The fourth-order valence-corrected chi connectivity index (χ4v) is 3.19. The van der Waals surface area contributed by atoms with Crippen molar-refractivity contribution in [2.45, 2.75) is 18.9 Å². The van der Waals surface area contributed by atoms with E-state index in [0.29, 0.717) is 31.4 Å². The Morgan fingerprint density at radius 3 is 2.86 bits per heavy atom. The fourth-order valence-electron chi connectivity index (χ4n) is 2.51. The third-order valence-electron chi connectivity index (χ3n) is 3.71. The molecule has 1 aromatic heterocycles. The molecule has 0 spiro atoms. The highest BCUT2D eigenvalue weighted by atomic mass is 32.1. The third-order valence-corrected chi connectivity index (χ3v) is 4.50. The number of carbonyl (C=O) groups is 2. The van der Waals surface area contributed by atoms with Gasteiger partial charge < -0.3 is 15.0 Å². The summed E-state index contributed by atoms with van der Waals surface area (Å²) in [6.07, 6.45) is 3.34. The maximum Gasteiger partial charge on any atom is 0.318 e. The number of urea groups is 1. The SMILES string of the molecule is O=C(NC1CCOCC1)N1CCN(c2nccs2)C(=O)C1. The van der Waals surface area contributed by atoms with Gasteiger partial charge in [0.05, 0.1) is 0 Å². The first-order valence-corrected chi connectivity index (χ1v) is 7.95. The molecule has 114 valence electrons. The van der Waals surface area contributed by atoms with Gasteiger partial charge in [0.15, 0.2) is 5.13 Å². The second-order valence-corrected chi connectivity index (χ2v) is 5.99. The number of thiazole rings is 1. The van der Waals surface area contributed by atoms with Crippen LogP contribution in [0.5, 0.6) is 0 Å². The van der Waals surface area contributed by atoms with Gasteiger partial charge in [-0.25, -0.2) is 9.78 Å². The quantitative estimate of drug-likeness (QED) is 0.872. The summed E-state index contributed by atoms with van der Waals surface area (Å²) in [4.78, 5) is 31.7. The van der Waals surface area contributed by atoms with Crippen LogP contribution in [0.15, 0.2) is 11.6 Å². The molecule has 2 aliphatic heterocycles. The van der Waals surface area contributed by atoms with Crippen molar-refractivity contribution >= 4 is 28.4 Å². The molecular weight excluding hydrogens is 292 g/mol. The van der Waals surface area contributed by atoms with Gasteiger partial charge in [-0.15, -0.1) is 11.3 Å².